The van der Waals surface area contributed by atoms with Gasteiger partial charge in [-0.2, -0.15) is 26.3 Å². The number of pyridine rings is 2. The second kappa shape index (κ2) is 12.5. The van der Waals surface area contributed by atoms with E-state index in [1.54, 1.807) is 30.5 Å². The summed E-state index contributed by atoms with van der Waals surface area (Å²) in [6, 6.07) is 10.3. The molecular weight excluding hydrogens is 617 g/mol. The highest BCUT2D eigenvalue weighted by Gasteiger charge is 2.40. The van der Waals surface area contributed by atoms with Crippen LogP contribution in [0.2, 0.25) is 0 Å². The highest BCUT2D eigenvalue weighted by atomic mass is 32.1. The van der Waals surface area contributed by atoms with E-state index in [2.05, 4.69) is 20.3 Å². The Morgan fingerprint density at radius 2 is 1.73 bits per heavy atom. The summed E-state index contributed by atoms with van der Waals surface area (Å²) < 4.78 is 71.0. The highest BCUT2D eigenvalue weighted by molar-refractivity contribution is 7.15. The smallest absolute Gasteiger partial charge is 0.475 e. The van der Waals surface area contributed by atoms with Crippen LogP contribution < -0.4 is 10.8 Å². The molecule has 232 valence electrons. The van der Waals surface area contributed by atoms with Gasteiger partial charge in [0.15, 0.2) is 0 Å². The number of carbonyl (C=O) groups is 1. The fourth-order valence-electron chi connectivity index (χ4n) is 4.52. The molecule has 44 heavy (non-hydrogen) atoms. The van der Waals surface area contributed by atoms with E-state index in [9.17, 15) is 41.5 Å². The monoisotopic (exact) mass is 640 g/mol. The molecule has 0 saturated carbocycles. The Labute approximate surface area is 250 Å². The van der Waals surface area contributed by atoms with Crippen molar-refractivity contribution in [3.05, 3.63) is 82.1 Å². The molecule has 4 aromatic rings. The molecule has 1 atom stereocenters. The standard InChI is InChI=1S/C25H22BF3N4O3S.C2HF3O2/c1-14-9-19(32-22(10-14)33-21-12-16(6-8-30-21)25(27,28)29)20-13-31-23(37-20)24(34)7-2-3-15-11-17(26(35)36)4-5-18(15)24;3-2(4,5)1(6)7/h4-6,8-13,34-36H,2-3,7H2,1H3,(H,30,32,33);(H,6,7)/t24-;/m1./s1. The van der Waals surface area contributed by atoms with Crippen molar-refractivity contribution in [3.63, 3.8) is 0 Å². The van der Waals surface area contributed by atoms with Gasteiger partial charge in [-0.3, -0.25) is 0 Å². The Hall–Kier alpha value is -4.06. The van der Waals surface area contributed by atoms with Crippen LogP contribution in [0.5, 0.6) is 0 Å². The van der Waals surface area contributed by atoms with E-state index in [0.717, 1.165) is 29.5 Å². The number of aliphatic carboxylic acids is 1. The Bertz CT molecular complexity index is 1670. The van der Waals surface area contributed by atoms with Crippen molar-refractivity contribution in [2.45, 2.75) is 44.1 Å². The van der Waals surface area contributed by atoms with Crippen molar-refractivity contribution in [1.29, 1.82) is 0 Å². The number of carboxylic acid groups (broad SMARTS) is 1. The van der Waals surface area contributed by atoms with E-state index < -0.39 is 36.6 Å². The van der Waals surface area contributed by atoms with Crippen LogP contribution in [0.4, 0.5) is 38.0 Å². The number of carboxylic acids is 1. The van der Waals surface area contributed by atoms with Gasteiger partial charge in [0.25, 0.3) is 0 Å². The average Bonchev–Trinajstić information content (AvgIpc) is 3.44. The number of rotatable bonds is 5. The van der Waals surface area contributed by atoms with Gasteiger partial charge in [0.2, 0.25) is 0 Å². The topological polar surface area (TPSA) is 149 Å². The molecule has 3 heterocycles. The molecular formula is C27H23BF6N4O5S. The van der Waals surface area contributed by atoms with Crippen molar-refractivity contribution in [2.24, 2.45) is 0 Å². The minimum Gasteiger partial charge on any atom is -0.475 e. The second-order valence-corrected chi connectivity index (χ2v) is 10.8. The van der Waals surface area contributed by atoms with E-state index >= 15 is 0 Å². The Balaban J connectivity index is 0.000000566. The summed E-state index contributed by atoms with van der Waals surface area (Å²) >= 11 is 1.28. The van der Waals surface area contributed by atoms with Crippen molar-refractivity contribution < 1.29 is 51.4 Å². The molecule has 0 bridgehead atoms. The molecule has 9 nitrogen and oxygen atoms in total. The summed E-state index contributed by atoms with van der Waals surface area (Å²) in [5.74, 6) is -2.41. The van der Waals surface area contributed by atoms with Gasteiger partial charge in [0.05, 0.1) is 16.1 Å². The van der Waals surface area contributed by atoms with Crippen molar-refractivity contribution in [3.8, 4) is 10.6 Å². The molecule has 3 aromatic heterocycles. The summed E-state index contributed by atoms with van der Waals surface area (Å²) in [6.07, 6.45) is -5.00. The Morgan fingerprint density at radius 3 is 2.36 bits per heavy atom. The molecule has 1 aliphatic rings. The first-order chi connectivity index (χ1) is 20.5. The summed E-state index contributed by atoms with van der Waals surface area (Å²) in [5, 5.41) is 41.1. The zero-order chi connectivity index (χ0) is 32.4. The van der Waals surface area contributed by atoms with E-state index in [-0.39, 0.29) is 5.82 Å². The zero-order valence-corrected chi connectivity index (χ0v) is 23.4. The predicted molar refractivity (Wildman–Crippen MR) is 148 cm³/mol. The van der Waals surface area contributed by atoms with Crippen molar-refractivity contribution in [1.82, 2.24) is 15.0 Å². The number of fused-ring (bicyclic) bond motifs is 1. The number of hydrogen-bond donors (Lipinski definition) is 5. The van der Waals surface area contributed by atoms with Gasteiger partial charge in [-0.05, 0) is 72.6 Å². The van der Waals surface area contributed by atoms with E-state index in [0.29, 0.717) is 51.7 Å². The predicted octanol–water partition coefficient (Wildman–Crippen LogP) is 4.56. The number of hydrogen-bond acceptors (Lipinski definition) is 9. The fraction of sp³-hybridized carbons (Fsp3) is 0.259. The molecule has 5 rings (SSSR count). The molecule has 1 aromatic carbocycles. The maximum Gasteiger partial charge on any atom is 0.490 e. The lowest BCUT2D eigenvalue weighted by Crippen LogP contribution is -2.35. The number of halogens is 6. The first kappa shape index (κ1) is 32.9. The van der Waals surface area contributed by atoms with Gasteiger partial charge < -0.3 is 25.6 Å². The Kier molecular flexibility index (Phi) is 9.34. The van der Waals surface area contributed by atoms with Gasteiger partial charge in [0, 0.05) is 12.4 Å². The molecule has 0 unspecified atom stereocenters. The summed E-state index contributed by atoms with van der Waals surface area (Å²) in [7, 11) is -1.59. The van der Waals surface area contributed by atoms with Gasteiger partial charge >= 0.3 is 25.4 Å². The summed E-state index contributed by atoms with van der Waals surface area (Å²) in [6.45, 7) is 1.84. The third-order valence-electron chi connectivity index (χ3n) is 6.53. The maximum atomic E-state index is 13.1. The lowest BCUT2D eigenvalue weighted by molar-refractivity contribution is -0.192. The molecule has 17 heteroatoms. The van der Waals surface area contributed by atoms with Crippen LogP contribution in [0, 0.1) is 6.92 Å². The van der Waals surface area contributed by atoms with Gasteiger partial charge in [-0.25, -0.2) is 19.7 Å². The van der Waals surface area contributed by atoms with Gasteiger partial charge in [-0.1, -0.05) is 18.2 Å². The minimum atomic E-state index is -5.08. The second-order valence-electron chi connectivity index (χ2n) is 9.80. The third kappa shape index (κ3) is 7.53. The average molecular weight is 640 g/mol. The largest absolute Gasteiger partial charge is 0.490 e. The minimum absolute atomic E-state index is 0.0179. The molecule has 5 N–H and O–H groups in total. The normalized spacial score (nSPS) is 16.4. The first-order valence-electron chi connectivity index (χ1n) is 12.7. The molecule has 0 radical (unpaired) electrons. The number of alkyl halides is 6. The van der Waals surface area contributed by atoms with Crippen LogP contribution >= 0.6 is 11.3 Å². The number of aromatic nitrogens is 3. The SMILES string of the molecule is Cc1cc(Nc2cc(C(F)(F)F)ccn2)nc(-c2cnc([C@@]3(O)CCCc4cc(B(O)O)ccc43)s2)c1.O=C(O)C(F)(F)F. The Morgan fingerprint density at radius 1 is 1.02 bits per heavy atom. The number of thiazole rings is 1. The molecule has 0 amide bonds. The first-order valence-corrected chi connectivity index (χ1v) is 13.6. The lowest BCUT2D eigenvalue weighted by atomic mass is 9.73. The summed E-state index contributed by atoms with van der Waals surface area (Å²) in [5.41, 5.74) is 1.11. The number of nitrogens with one attached hydrogen (secondary N) is 1. The number of anilines is 2. The lowest BCUT2D eigenvalue weighted by Gasteiger charge is -2.33. The van der Waals surface area contributed by atoms with Crippen LogP contribution in [0.3, 0.4) is 0 Å². The molecule has 1 aliphatic carbocycles. The van der Waals surface area contributed by atoms with E-state index in [4.69, 9.17) is 9.90 Å². The van der Waals surface area contributed by atoms with Crippen molar-refractivity contribution >= 4 is 41.5 Å². The quantitative estimate of drug-likeness (QED) is 0.157. The molecule has 0 aliphatic heterocycles. The van der Waals surface area contributed by atoms with Gasteiger partial charge in [-0.15, -0.1) is 11.3 Å². The molecule has 0 saturated heterocycles. The van der Waals surface area contributed by atoms with Crippen LogP contribution in [-0.4, -0.2) is 54.5 Å². The molecule has 0 fully saturated rings. The number of aryl methyl sites for hydroxylation is 2. The maximum absolute atomic E-state index is 13.1. The third-order valence-corrected chi connectivity index (χ3v) is 7.70. The molecule has 0 spiro atoms. The van der Waals surface area contributed by atoms with Crippen LogP contribution in [0.1, 0.15) is 40.1 Å². The van der Waals surface area contributed by atoms with Crippen LogP contribution in [0.15, 0.2) is 54.9 Å². The van der Waals surface area contributed by atoms with Crippen LogP contribution in [0.25, 0.3) is 10.6 Å². The zero-order valence-electron chi connectivity index (χ0n) is 22.6. The van der Waals surface area contributed by atoms with Crippen molar-refractivity contribution in [2.75, 3.05) is 5.32 Å². The summed E-state index contributed by atoms with van der Waals surface area (Å²) in [4.78, 5) is 22.6. The van der Waals surface area contributed by atoms with Gasteiger partial charge in [0.1, 0.15) is 22.2 Å². The van der Waals surface area contributed by atoms with E-state index in [1.807, 2.05) is 13.0 Å². The fourth-order valence-corrected chi connectivity index (χ4v) is 5.53. The number of aliphatic hydroxyl groups is 1. The highest BCUT2D eigenvalue weighted by Crippen LogP contribution is 2.43. The number of nitrogens with zero attached hydrogens (tertiary/aromatic N) is 3. The number of benzene rings is 1. The van der Waals surface area contributed by atoms with E-state index in [1.165, 1.54) is 11.3 Å². The van der Waals surface area contributed by atoms with Crippen LogP contribution in [-0.2, 0) is 23.0 Å².